The van der Waals surface area contributed by atoms with Crippen LogP contribution in [0, 0.1) is 0 Å². The van der Waals surface area contributed by atoms with Gasteiger partial charge in [0, 0.05) is 16.2 Å². The number of hydrogen-bond acceptors (Lipinski definition) is 3. The lowest BCUT2D eigenvalue weighted by molar-refractivity contribution is -0.274. The zero-order valence-corrected chi connectivity index (χ0v) is 9.65. The Bertz CT molecular complexity index is 431. The fourth-order valence-electron chi connectivity index (χ4n) is 1.15. The number of hydrogen-bond donors (Lipinski definition) is 1. The third kappa shape index (κ3) is 3.13. The number of alkyl halides is 3. The number of nitrogen functional groups attached to an aromatic ring is 1. The van der Waals surface area contributed by atoms with Gasteiger partial charge in [0.15, 0.2) is 5.78 Å². The van der Waals surface area contributed by atoms with Gasteiger partial charge in [-0.25, -0.2) is 0 Å². The van der Waals surface area contributed by atoms with Gasteiger partial charge in [-0.2, -0.15) is 0 Å². The minimum atomic E-state index is -4.86. The van der Waals surface area contributed by atoms with E-state index in [2.05, 4.69) is 20.7 Å². The molecule has 0 saturated carbocycles. The van der Waals surface area contributed by atoms with Crippen LogP contribution < -0.4 is 10.5 Å². The highest BCUT2D eigenvalue weighted by Gasteiger charge is 2.33. The second-order valence-electron chi connectivity index (χ2n) is 2.98. The Kier molecular flexibility index (Phi) is 3.47. The van der Waals surface area contributed by atoms with Crippen molar-refractivity contribution >= 4 is 27.4 Å². The van der Waals surface area contributed by atoms with Gasteiger partial charge in [0.25, 0.3) is 0 Å². The van der Waals surface area contributed by atoms with E-state index in [0.717, 1.165) is 13.0 Å². The Balaban J connectivity index is 3.30. The monoisotopic (exact) mass is 297 g/mol. The van der Waals surface area contributed by atoms with E-state index in [1.54, 1.807) is 0 Å². The molecule has 7 heteroatoms. The van der Waals surface area contributed by atoms with Crippen LogP contribution in [0.1, 0.15) is 17.3 Å². The molecule has 16 heavy (non-hydrogen) atoms. The van der Waals surface area contributed by atoms with Gasteiger partial charge < -0.3 is 10.5 Å². The lowest BCUT2D eigenvalue weighted by Gasteiger charge is -2.13. The van der Waals surface area contributed by atoms with Gasteiger partial charge in [-0.05, 0) is 28.9 Å². The minimum Gasteiger partial charge on any atom is -0.405 e. The molecule has 0 aliphatic heterocycles. The van der Waals surface area contributed by atoms with Crippen LogP contribution in [-0.2, 0) is 0 Å². The van der Waals surface area contributed by atoms with Gasteiger partial charge in [-0.15, -0.1) is 13.2 Å². The van der Waals surface area contributed by atoms with Crippen molar-refractivity contribution in [1.29, 1.82) is 0 Å². The van der Waals surface area contributed by atoms with Crippen molar-refractivity contribution < 1.29 is 22.7 Å². The number of halogens is 4. The topological polar surface area (TPSA) is 52.3 Å². The molecule has 0 amide bonds. The third-order valence-electron chi connectivity index (χ3n) is 1.65. The first-order chi connectivity index (χ1) is 7.20. The fraction of sp³-hybridized carbons (Fsp3) is 0.222. The molecule has 3 nitrogen and oxygen atoms in total. The molecule has 0 aliphatic carbocycles. The summed E-state index contributed by atoms with van der Waals surface area (Å²) in [6, 6.07) is 2.29. The second-order valence-corrected chi connectivity index (χ2v) is 3.83. The van der Waals surface area contributed by atoms with E-state index >= 15 is 0 Å². The van der Waals surface area contributed by atoms with Crippen LogP contribution in [0.15, 0.2) is 16.6 Å². The number of carbonyl (C=O) groups is 1. The Morgan fingerprint density at radius 2 is 2.00 bits per heavy atom. The number of ether oxygens (including phenoxy) is 1. The smallest absolute Gasteiger partial charge is 0.405 e. The summed E-state index contributed by atoms with van der Waals surface area (Å²) < 4.78 is 40.1. The summed E-state index contributed by atoms with van der Waals surface area (Å²) in [7, 11) is 0. The Morgan fingerprint density at radius 3 is 2.44 bits per heavy atom. The predicted molar refractivity (Wildman–Crippen MR) is 55.2 cm³/mol. The molecule has 0 saturated heterocycles. The van der Waals surface area contributed by atoms with Crippen molar-refractivity contribution in [2.75, 3.05) is 5.73 Å². The van der Waals surface area contributed by atoms with Crippen LogP contribution in [0.3, 0.4) is 0 Å². The molecule has 0 radical (unpaired) electrons. The molecule has 1 aromatic carbocycles. The van der Waals surface area contributed by atoms with Crippen molar-refractivity contribution in [3.05, 3.63) is 22.2 Å². The number of nitrogens with two attached hydrogens (primary N) is 1. The van der Waals surface area contributed by atoms with Crippen LogP contribution in [0.2, 0.25) is 0 Å². The highest BCUT2D eigenvalue weighted by atomic mass is 79.9. The van der Waals surface area contributed by atoms with E-state index in [1.807, 2.05) is 0 Å². The summed E-state index contributed by atoms with van der Waals surface area (Å²) in [6.45, 7) is 1.14. The van der Waals surface area contributed by atoms with Gasteiger partial charge in [0.1, 0.15) is 5.75 Å². The number of anilines is 1. The molecule has 1 rings (SSSR count). The van der Waals surface area contributed by atoms with Crippen LogP contribution in [0.5, 0.6) is 5.75 Å². The van der Waals surface area contributed by atoms with Crippen LogP contribution in [-0.4, -0.2) is 12.1 Å². The molecule has 0 bridgehead atoms. The zero-order chi connectivity index (χ0) is 12.5. The third-order valence-corrected chi connectivity index (χ3v) is 2.28. The zero-order valence-electron chi connectivity index (χ0n) is 8.06. The van der Waals surface area contributed by atoms with Gasteiger partial charge in [-0.1, -0.05) is 0 Å². The first-order valence-corrected chi connectivity index (χ1v) is 4.85. The highest BCUT2D eigenvalue weighted by Crippen LogP contribution is 2.34. The molecular weight excluding hydrogens is 291 g/mol. The predicted octanol–water partition coefficient (Wildman–Crippen LogP) is 3.13. The average Bonchev–Trinajstić information content (AvgIpc) is 1.96. The molecule has 0 aliphatic rings. The normalized spacial score (nSPS) is 11.3. The average molecular weight is 298 g/mol. The van der Waals surface area contributed by atoms with Crippen LogP contribution in [0.25, 0.3) is 0 Å². The minimum absolute atomic E-state index is 0.0659. The van der Waals surface area contributed by atoms with Gasteiger partial charge >= 0.3 is 6.36 Å². The maximum Gasteiger partial charge on any atom is 0.573 e. The molecule has 0 fully saturated rings. The Labute approximate surface area is 97.5 Å². The molecular formula is C9H7BrF3NO2. The molecule has 88 valence electrons. The van der Waals surface area contributed by atoms with Crippen molar-refractivity contribution in [1.82, 2.24) is 0 Å². The number of carbonyl (C=O) groups excluding carboxylic acids is 1. The molecule has 0 atom stereocenters. The Hall–Kier alpha value is -1.24. The van der Waals surface area contributed by atoms with Gasteiger partial charge in [0.05, 0.1) is 5.56 Å². The molecule has 0 unspecified atom stereocenters. The number of benzene rings is 1. The van der Waals surface area contributed by atoms with Crippen LogP contribution in [0.4, 0.5) is 18.9 Å². The van der Waals surface area contributed by atoms with Gasteiger partial charge in [-0.3, -0.25) is 4.79 Å². The van der Waals surface area contributed by atoms with Gasteiger partial charge in [0.2, 0.25) is 0 Å². The maximum atomic E-state index is 12.1. The van der Waals surface area contributed by atoms with E-state index in [-0.39, 0.29) is 15.7 Å². The highest BCUT2D eigenvalue weighted by molar-refractivity contribution is 9.10. The maximum absolute atomic E-state index is 12.1. The first-order valence-electron chi connectivity index (χ1n) is 4.06. The van der Waals surface area contributed by atoms with E-state index in [9.17, 15) is 18.0 Å². The summed E-state index contributed by atoms with van der Waals surface area (Å²) in [5.74, 6) is -1.15. The summed E-state index contributed by atoms with van der Waals surface area (Å²) in [5.41, 5.74) is 5.24. The largest absolute Gasteiger partial charge is 0.573 e. The van der Waals surface area contributed by atoms with E-state index in [0.29, 0.717) is 0 Å². The lowest BCUT2D eigenvalue weighted by atomic mass is 10.1. The van der Waals surface area contributed by atoms with E-state index < -0.39 is 17.9 Å². The summed E-state index contributed by atoms with van der Waals surface area (Å²) >= 11 is 2.96. The SMILES string of the molecule is CC(=O)c1c(Br)cc(N)cc1OC(F)(F)F. The van der Waals surface area contributed by atoms with Crippen LogP contribution >= 0.6 is 15.9 Å². The van der Waals surface area contributed by atoms with E-state index in [1.165, 1.54) is 6.07 Å². The Morgan fingerprint density at radius 1 is 1.44 bits per heavy atom. The molecule has 2 N–H and O–H groups in total. The number of Topliss-reactive ketones (excluding diaryl/α,β-unsaturated/α-hetero) is 1. The summed E-state index contributed by atoms with van der Waals surface area (Å²) in [6.07, 6.45) is -4.86. The molecule has 0 heterocycles. The van der Waals surface area contributed by atoms with E-state index in [4.69, 9.17) is 5.73 Å². The number of ketones is 1. The molecule has 0 spiro atoms. The number of rotatable bonds is 2. The molecule has 0 aromatic heterocycles. The van der Waals surface area contributed by atoms with Crippen molar-refractivity contribution in [3.8, 4) is 5.75 Å². The lowest BCUT2D eigenvalue weighted by Crippen LogP contribution is -2.19. The van der Waals surface area contributed by atoms with Crippen molar-refractivity contribution in [2.24, 2.45) is 0 Å². The fourth-order valence-corrected chi connectivity index (χ4v) is 1.89. The van der Waals surface area contributed by atoms with Crippen molar-refractivity contribution in [3.63, 3.8) is 0 Å². The quantitative estimate of drug-likeness (QED) is 0.674. The standard InChI is InChI=1S/C9H7BrF3NO2/c1-4(15)8-6(10)2-5(14)3-7(8)16-9(11,12)13/h2-3H,14H2,1H3. The summed E-state index contributed by atoms with van der Waals surface area (Å²) in [4.78, 5) is 11.2. The summed E-state index contributed by atoms with van der Waals surface area (Å²) in [5, 5.41) is 0. The first kappa shape index (κ1) is 12.8. The molecule has 1 aromatic rings. The van der Waals surface area contributed by atoms with Crippen molar-refractivity contribution in [2.45, 2.75) is 13.3 Å². The second kappa shape index (κ2) is 4.32.